The second kappa shape index (κ2) is 6.87. The number of carbonyl (C=O) groups is 1. The maximum atomic E-state index is 11.3. The summed E-state index contributed by atoms with van der Waals surface area (Å²) in [6.45, 7) is 3.63. The van der Waals surface area contributed by atoms with Crippen LogP contribution in [0.25, 0.3) is 0 Å². The van der Waals surface area contributed by atoms with Crippen LogP contribution in [0.5, 0.6) is 0 Å². The van der Waals surface area contributed by atoms with Crippen molar-refractivity contribution in [3.63, 3.8) is 0 Å². The number of hydrogen-bond acceptors (Lipinski definition) is 3. The first-order chi connectivity index (χ1) is 6.83. The first kappa shape index (κ1) is 11.6. The fourth-order valence-electron chi connectivity index (χ4n) is 1.29. The highest BCUT2D eigenvalue weighted by Crippen LogP contribution is 2.25. The number of ether oxygens (including phenoxy) is 1. The first-order valence-corrected chi connectivity index (χ1v) is 7.00. The summed E-state index contributed by atoms with van der Waals surface area (Å²) in [5, 5.41) is 0. The van der Waals surface area contributed by atoms with Crippen LogP contribution in [-0.4, -0.2) is 36.2 Å². The van der Waals surface area contributed by atoms with E-state index in [4.69, 9.17) is 4.74 Å². The summed E-state index contributed by atoms with van der Waals surface area (Å²) in [5.41, 5.74) is 1.95. The Morgan fingerprint density at radius 1 is 1.57 bits per heavy atom. The average molecular weight is 217 g/mol. The number of thiol groups is 1. The molecule has 3 nitrogen and oxygen atoms in total. The maximum absolute atomic E-state index is 11.3. The van der Waals surface area contributed by atoms with Gasteiger partial charge in [0.15, 0.2) is 0 Å². The van der Waals surface area contributed by atoms with E-state index in [2.05, 4.69) is 11.9 Å². The van der Waals surface area contributed by atoms with E-state index in [1.165, 1.54) is 0 Å². The Bertz CT molecular complexity index is 206. The average Bonchev–Trinajstić information content (AvgIpc) is 2.65. The summed E-state index contributed by atoms with van der Waals surface area (Å²) < 4.78 is 5.12. The van der Waals surface area contributed by atoms with Gasteiger partial charge in [-0.05, 0) is 12.2 Å². The molecule has 0 aliphatic carbocycles. The highest BCUT2D eigenvalue weighted by Gasteiger charge is 2.11. The van der Waals surface area contributed by atoms with E-state index < -0.39 is 0 Å². The molecular weight excluding hydrogens is 198 g/mol. The van der Waals surface area contributed by atoms with Gasteiger partial charge in [-0.25, -0.2) is 10.9 Å². The minimum absolute atomic E-state index is 0.0411. The Hall–Kier alpha value is -0.510. The van der Waals surface area contributed by atoms with E-state index in [-0.39, 0.29) is 16.9 Å². The fraction of sp³-hybridized carbons (Fsp3) is 0.800. The Kier molecular flexibility index (Phi) is 5.68. The molecule has 1 aliphatic heterocycles. The quantitative estimate of drug-likeness (QED) is 0.418. The molecule has 82 valence electrons. The summed E-state index contributed by atoms with van der Waals surface area (Å²) in [6.07, 6.45) is 3.30. The molecule has 1 unspecified atom stereocenters. The van der Waals surface area contributed by atoms with Gasteiger partial charge in [-0.15, -0.1) is 0 Å². The molecule has 1 rings (SSSR count). The summed E-state index contributed by atoms with van der Waals surface area (Å²) in [6, 6.07) is 0. The third kappa shape index (κ3) is 4.65. The molecule has 14 heavy (non-hydrogen) atoms. The largest absolute Gasteiger partial charge is 0.465 e. The van der Waals surface area contributed by atoms with Gasteiger partial charge in [-0.3, -0.25) is 9.79 Å². The highest BCUT2D eigenvalue weighted by atomic mass is 32.2. The Morgan fingerprint density at radius 2 is 2.43 bits per heavy atom. The van der Waals surface area contributed by atoms with Crippen LogP contribution < -0.4 is 0 Å². The molecule has 1 atom stereocenters. The highest BCUT2D eigenvalue weighted by molar-refractivity contribution is 8.29. The molecule has 1 aliphatic rings. The molecule has 0 aromatic carbocycles. The van der Waals surface area contributed by atoms with Gasteiger partial charge < -0.3 is 4.74 Å². The molecular formula is C10H19NO2S. The van der Waals surface area contributed by atoms with E-state index in [0.29, 0.717) is 12.4 Å². The minimum Gasteiger partial charge on any atom is -0.465 e. The zero-order valence-corrected chi connectivity index (χ0v) is 9.63. The van der Waals surface area contributed by atoms with Crippen molar-refractivity contribution in [1.82, 2.24) is 0 Å². The molecule has 1 heterocycles. The summed E-state index contributed by atoms with van der Waals surface area (Å²) in [4.78, 5) is 15.4. The van der Waals surface area contributed by atoms with Crippen molar-refractivity contribution in [2.75, 3.05) is 24.7 Å². The standard InChI is InChI=1S/C10H19NO2S/c1-2-3-4-6-13-10(12)8-14-7-5-11-9-14/h9,14H,2-8H2,1H3. The van der Waals surface area contributed by atoms with Gasteiger partial charge in [0.05, 0.1) is 12.4 Å². The Morgan fingerprint density at radius 3 is 3.07 bits per heavy atom. The molecule has 0 spiro atoms. The summed E-state index contributed by atoms with van der Waals surface area (Å²) in [5.74, 6) is 1.60. The SMILES string of the molecule is CCCCCOC(=O)C[SH]1C=NCC1. The van der Waals surface area contributed by atoms with Crippen molar-refractivity contribution in [2.45, 2.75) is 26.2 Å². The molecule has 0 amide bonds. The molecule has 0 saturated heterocycles. The molecule has 0 N–H and O–H groups in total. The number of hydrogen-bond donors (Lipinski definition) is 1. The van der Waals surface area contributed by atoms with Gasteiger partial charge in [-0.2, -0.15) is 0 Å². The van der Waals surface area contributed by atoms with E-state index in [1.54, 1.807) is 0 Å². The number of rotatable bonds is 6. The van der Waals surface area contributed by atoms with Crippen molar-refractivity contribution < 1.29 is 9.53 Å². The number of carbonyl (C=O) groups excluding carboxylic acids is 1. The monoisotopic (exact) mass is 217 g/mol. The van der Waals surface area contributed by atoms with E-state index in [9.17, 15) is 4.79 Å². The predicted molar refractivity (Wildman–Crippen MR) is 62.6 cm³/mol. The minimum atomic E-state index is -0.275. The molecule has 0 aromatic heterocycles. The number of unbranched alkanes of at least 4 members (excludes halogenated alkanes) is 2. The summed E-state index contributed by atoms with van der Waals surface area (Å²) in [7, 11) is -0.275. The van der Waals surface area contributed by atoms with E-state index in [0.717, 1.165) is 31.6 Å². The van der Waals surface area contributed by atoms with E-state index >= 15 is 0 Å². The van der Waals surface area contributed by atoms with Crippen molar-refractivity contribution >= 4 is 22.4 Å². The van der Waals surface area contributed by atoms with Crippen molar-refractivity contribution in [1.29, 1.82) is 0 Å². The van der Waals surface area contributed by atoms with Crippen LogP contribution in [0.4, 0.5) is 0 Å². The van der Waals surface area contributed by atoms with E-state index in [1.807, 2.05) is 5.55 Å². The lowest BCUT2D eigenvalue weighted by atomic mass is 10.3. The smallest absolute Gasteiger partial charge is 0.314 e. The summed E-state index contributed by atoms with van der Waals surface area (Å²) >= 11 is 0. The number of nitrogens with zero attached hydrogens (tertiary/aromatic N) is 1. The van der Waals surface area contributed by atoms with Gasteiger partial charge in [0.2, 0.25) is 0 Å². The molecule has 0 aromatic rings. The second-order valence-corrected chi connectivity index (χ2v) is 5.59. The Balaban J connectivity index is 2.01. The lowest BCUT2D eigenvalue weighted by Crippen LogP contribution is -2.11. The van der Waals surface area contributed by atoms with Crippen molar-refractivity contribution in [2.24, 2.45) is 4.99 Å². The zero-order valence-electron chi connectivity index (χ0n) is 8.74. The van der Waals surface area contributed by atoms with Crippen LogP contribution in [0.3, 0.4) is 0 Å². The number of aliphatic imine (C=N–C) groups is 1. The normalized spacial score (nSPS) is 22.5. The van der Waals surface area contributed by atoms with Crippen molar-refractivity contribution in [3.8, 4) is 0 Å². The maximum Gasteiger partial charge on any atom is 0.314 e. The Labute approximate surface area is 88.3 Å². The topological polar surface area (TPSA) is 38.7 Å². The van der Waals surface area contributed by atoms with Gasteiger partial charge >= 0.3 is 5.97 Å². The van der Waals surface area contributed by atoms with Crippen LogP contribution in [-0.2, 0) is 9.53 Å². The van der Waals surface area contributed by atoms with Crippen LogP contribution >= 0.6 is 10.9 Å². The molecule has 0 bridgehead atoms. The molecule has 4 heteroatoms. The second-order valence-electron chi connectivity index (χ2n) is 3.42. The lowest BCUT2D eigenvalue weighted by Gasteiger charge is -2.09. The lowest BCUT2D eigenvalue weighted by molar-refractivity contribution is -0.140. The van der Waals surface area contributed by atoms with Gasteiger partial charge in [0.1, 0.15) is 0 Å². The predicted octanol–water partition coefficient (Wildman–Crippen LogP) is 1.76. The van der Waals surface area contributed by atoms with Crippen LogP contribution in [0.15, 0.2) is 4.99 Å². The van der Waals surface area contributed by atoms with Crippen molar-refractivity contribution in [3.05, 3.63) is 0 Å². The third-order valence-corrected chi connectivity index (χ3v) is 4.03. The zero-order chi connectivity index (χ0) is 10.2. The van der Waals surface area contributed by atoms with Crippen LogP contribution in [0, 0.1) is 0 Å². The molecule has 0 saturated carbocycles. The number of esters is 1. The molecule has 0 fully saturated rings. The van der Waals surface area contributed by atoms with Gasteiger partial charge in [-0.1, -0.05) is 19.8 Å². The third-order valence-electron chi connectivity index (χ3n) is 2.10. The van der Waals surface area contributed by atoms with Gasteiger partial charge in [0.25, 0.3) is 0 Å². The first-order valence-electron chi connectivity index (χ1n) is 5.22. The van der Waals surface area contributed by atoms with Crippen LogP contribution in [0.2, 0.25) is 0 Å². The van der Waals surface area contributed by atoms with Gasteiger partial charge in [0, 0.05) is 12.1 Å². The molecule has 0 radical (unpaired) electrons. The fourth-order valence-corrected chi connectivity index (χ4v) is 2.78. The van der Waals surface area contributed by atoms with Crippen LogP contribution in [0.1, 0.15) is 26.2 Å².